The van der Waals surface area contributed by atoms with Crippen LogP contribution in [0.1, 0.15) is 69.0 Å². The zero-order valence-electron chi connectivity index (χ0n) is 23.7. The smallest absolute Gasteiger partial charge is 0.257 e. The van der Waals surface area contributed by atoms with Crippen molar-refractivity contribution < 1.29 is 19.2 Å². The lowest BCUT2D eigenvalue weighted by Gasteiger charge is -2.32. The summed E-state index contributed by atoms with van der Waals surface area (Å²) < 4.78 is 0. The molecule has 3 heterocycles. The van der Waals surface area contributed by atoms with Gasteiger partial charge in [0.25, 0.3) is 11.8 Å². The molecule has 1 atom stereocenters. The molecule has 0 aromatic heterocycles. The molecular formula is C33H35N5O4. The van der Waals surface area contributed by atoms with Crippen LogP contribution in [-0.4, -0.2) is 59.6 Å². The molecule has 0 aliphatic carbocycles. The summed E-state index contributed by atoms with van der Waals surface area (Å²) in [5.41, 5.74) is 6.09. The number of likely N-dealkylation sites (tertiary alicyclic amines) is 1. The average Bonchev–Trinajstić information content (AvgIpc) is 3.33. The third-order valence-electron chi connectivity index (χ3n) is 8.64. The van der Waals surface area contributed by atoms with Crippen LogP contribution in [0.3, 0.4) is 0 Å². The highest BCUT2D eigenvalue weighted by molar-refractivity contribution is 6.08. The molecule has 3 aromatic carbocycles. The molecule has 3 aliphatic heterocycles. The minimum absolute atomic E-state index is 0.137. The van der Waals surface area contributed by atoms with E-state index in [1.807, 2.05) is 55.6 Å². The van der Waals surface area contributed by atoms with Crippen LogP contribution in [0.5, 0.6) is 0 Å². The number of imide groups is 1. The molecule has 42 heavy (non-hydrogen) atoms. The number of nitrogens with zero attached hydrogens (tertiary/aromatic N) is 2. The number of rotatable bonds is 7. The number of nitrogens with one attached hydrogen (secondary N) is 3. The van der Waals surface area contributed by atoms with Crippen molar-refractivity contribution in [2.45, 2.75) is 50.7 Å². The van der Waals surface area contributed by atoms with Gasteiger partial charge < -0.3 is 15.5 Å². The van der Waals surface area contributed by atoms with Gasteiger partial charge >= 0.3 is 0 Å². The SMILES string of the molecule is CNc1ccc(CN2CCC(c3ccc4c(c3)CN(C3CCC(=O)NC3=O)C4=O)CC2)cc1C(=O)Nc1ccccc1. The van der Waals surface area contributed by atoms with E-state index in [0.717, 1.165) is 55.0 Å². The molecule has 216 valence electrons. The van der Waals surface area contributed by atoms with Crippen LogP contribution in [0.25, 0.3) is 0 Å². The molecule has 0 bridgehead atoms. The van der Waals surface area contributed by atoms with Crippen molar-refractivity contribution in [2.24, 2.45) is 0 Å². The van der Waals surface area contributed by atoms with Crippen LogP contribution < -0.4 is 16.0 Å². The molecule has 9 nitrogen and oxygen atoms in total. The Morgan fingerprint density at radius 3 is 2.48 bits per heavy atom. The Bertz CT molecular complexity index is 1530. The number of fused-ring (bicyclic) bond motifs is 1. The Balaban J connectivity index is 1.07. The highest BCUT2D eigenvalue weighted by atomic mass is 16.2. The van der Waals surface area contributed by atoms with Gasteiger partial charge in [-0.15, -0.1) is 0 Å². The van der Waals surface area contributed by atoms with E-state index in [1.54, 1.807) is 4.90 Å². The first kappa shape index (κ1) is 27.7. The lowest BCUT2D eigenvalue weighted by molar-refractivity contribution is -0.136. The minimum atomic E-state index is -0.596. The van der Waals surface area contributed by atoms with E-state index in [9.17, 15) is 19.2 Å². The summed E-state index contributed by atoms with van der Waals surface area (Å²) in [6.07, 6.45) is 2.62. The summed E-state index contributed by atoms with van der Waals surface area (Å²) in [5, 5.41) is 8.48. The van der Waals surface area contributed by atoms with Gasteiger partial charge in [-0.2, -0.15) is 0 Å². The Morgan fingerprint density at radius 1 is 0.952 bits per heavy atom. The maximum Gasteiger partial charge on any atom is 0.257 e. The van der Waals surface area contributed by atoms with Crippen molar-refractivity contribution in [2.75, 3.05) is 30.8 Å². The molecule has 1 unspecified atom stereocenters. The van der Waals surface area contributed by atoms with Gasteiger partial charge in [0.05, 0.1) is 5.56 Å². The van der Waals surface area contributed by atoms with Gasteiger partial charge in [0.2, 0.25) is 11.8 Å². The molecule has 4 amide bonds. The molecule has 3 N–H and O–H groups in total. The number of hydrogen-bond acceptors (Lipinski definition) is 6. The zero-order chi connectivity index (χ0) is 29.2. The lowest BCUT2D eigenvalue weighted by atomic mass is 9.87. The molecule has 3 aromatic rings. The third kappa shape index (κ3) is 5.65. The second-order valence-electron chi connectivity index (χ2n) is 11.3. The first-order valence-corrected chi connectivity index (χ1v) is 14.6. The average molecular weight is 566 g/mol. The summed E-state index contributed by atoms with van der Waals surface area (Å²) in [5.74, 6) is -0.549. The van der Waals surface area contributed by atoms with E-state index in [2.05, 4.69) is 39.0 Å². The van der Waals surface area contributed by atoms with Crippen LogP contribution in [0.2, 0.25) is 0 Å². The number of carbonyl (C=O) groups is 4. The first-order valence-electron chi connectivity index (χ1n) is 14.6. The van der Waals surface area contributed by atoms with E-state index in [4.69, 9.17) is 0 Å². The van der Waals surface area contributed by atoms with E-state index < -0.39 is 6.04 Å². The largest absolute Gasteiger partial charge is 0.387 e. The van der Waals surface area contributed by atoms with Gasteiger partial charge in [0.1, 0.15) is 6.04 Å². The van der Waals surface area contributed by atoms with Crippen molar-refractivity contribution in [3.8, 4) is 0 Å². The molecular weight excluding hydrogens is 530 g/mol. The van der Waals surface area contributed by atoms with Gasteiger partial charge in [-0.05, 0) is 85.3 Å². The van der Waals surface area contributed by atoms with E-state index in [-0.39, 0.29) is 30.0 Å². The fraction of sp³-hybridized carbons (Fsp3) is 0.333. The Morgan fingerprint density at radius 2 is 1.74 bits per heavy atom. The topological polar surface area (TPSA) is 111 Å². The van der Waals surface area contributed by atoms with Gasteiger partial charge in [0.15, 0.2) is 0 Å². The number of carbonyl (C=O) groups excluding carboxylic acids is 4. The number of para-hydroxylation sites is 1. The fourth-order valence-corrected chi connectivity index (χ4v) is 6.35. The first-order chi connectivity index (χ1) is 20.4. The van der Waals surface area contributed by atoms with Gasteiger partial charge in [-0.25, -0.2) is 0 Å². The van der Waals surface area contributed by atoms with Gasteiger partial charge in [0, 0.05) is 43.5 Å². The van der Waals surface area contributed by atoms with Crippen molar-refractivity contribution in [1.82, 2.24) is 15.1 Å². The van der Waals surface area contributed by atoms with Crippen LogP contribution in [-0.2, 0) is 22.7 Å². The van der Waals surface area contributed by atoms with E-state index >= 15 is 0 Å². The Labute approximate surface area is 245 Å². The number of amides is 4. The predicted molar refractivity (Wildman–Crippen MR) is 160 cm³/mol. The summed E-state index contributed by atoms with van der Waals surface area (Å²) in [7, 11) is 1.82. The maximum absolute atomic E-state index is 13.1. The summed E-state index contributed by atoms with van der Waals surface area (Å²) in [6.45, 7) is 3.03. The van der Waals surface area contributed by atoms with Crippen molar-refractivity contribution >= 4 is 35.0 Å². The quantitative estimate of drug-likeness (QED) is 0.372. The van der Waals surface area contributed by atoms with Crippen molar-refractivity contribution in [3.63, 3.8) is 0 Å². The molecule has 0 radical (unpaired) electrons. The fourth-order valence-electron chi connectivity index (χ4n) is 6.35. The lowest BCUT2D eigenvalue weighted by Crippen LogP contribution is -2.52. The molecule has 0 saturated carbocycles. The van der Waals surface area contributed by atoms with E-state index in [1.165, 1.54) is 5.56 Å². The Kier molecular flexibility index (Phi) is 7.75. The van der Waals surface area contributed by atoms with E-state index in [0.29, 0.717) is 30.0 Å². The molecule has 2 saturated heterocycles. The highest BCUT2D eigenvalue weighted by Gasteiger charge is 2.39. The molecule has 2 fully saturated rings. The Hall–Kier alpha value is -4.50. The predicted octanol–water partition coefficient (Wildman–Crippen LogP) is 4.12. The van der Waals surface area contributed by atoms with Crippen LogP contribution >= 0.6 is 0 Å². The molecule has 6 rings (SSSR count). The summed E-state index contributed by atoms with van der Waals surface area (Å²) >= 11 is 0. The van der Waals surface area contributed by atoms with Gasteiger partial charge in [-0.1, -0.05) is 36.4 Å². The van der Waals surface area contributed by atoms with Crippen molar-refractivity contribution in [1.29, 1.82) is 0 Å². The van der Waals surface area contributed by atoms with Gasteiger partial charge in [-0.3, -0.25) is 29.4 Å². The van der Waals surface area contributed by atoms with Crippen molar-refractivity contribution in [3.05, 3.63) is 94.5 Å². The summed E-state index contributed by atoms with van der Waals surface area (Å²) in [4.78, 5) is 54.1. The summed E-state index contributed by atoms with van der Waals surface area (Å²) in [6, 6.07) is 21.0. The highest BCUT2D eigenvalue weighted by Crippen LogP contribution is 2.34. The number of anilines is 2. The standard InChI is InChI=1S/C33H35N5O4/c1-34-28-10-7-21(17-27(28)31(40)35-25-5-3-2-4-6-25)19-37-15-13-22(14-16-37)23-8-9-26-24(18-23)20-38(33(26)42)29-11-12-30(39)36-32(29)41/h2-10,17-18,22,29,34H,11-16,19-20H2,1H3,(H,35,40)(H,36,39,41). The van der Waals surface area contributed by atoms with Crippen LogP contribution in [0.4, 0.5) is 11.4 Å². The number of piperidine rings is 2. The zero-order valence-corrected chi connectivity index (χ0v) is 23.7. The number of benzene rings is 3. The second-order valence-corrected chi connectivity index (χ2v) is 11.3. The van der Waals surface area contributed by atoms with Crippen LogP contribution in [0, 0.1) is 0 Å². The monoisotopic (exact) mass is 565 g/mol. The maximum atomic E-state index is 13.1. The molecule has 3 aliphatic rings. The third-order valence-corrected chi connectivity index (χ3v) is 8.64. The molecule has 0 spiro atoms. The van der Waals surface area contributed by atoms with Crippen LogP contribution in [0.15, 0.2) is 66.7 Å². The molecule has 9 heteroatoms. The number of hydrogen-bond donors (Lipinski definition) is 3. The minimum Gasteiger partial charge on any atom is -0.387 e. The second kappa shape index (κ2) is 11.8. The normalized spacial score (nSPS) is 19.4.